The number of piperidine rings is 2. The maximum atomic E-state index is 12.5. The Labute approximate surface area is 119 Å². The van der Waals surface area contributed by atoms with Crippen molar-refractivity contribution in [2.75, 3.05) is 19.6 Å². The number of aromatic nitrogens is 3. The fraction of sp³-hybridized carbons (Fsp3) is 0.786. The van der Waals surface area contributed by atoms with Crippen molar-refractivity contribution in [2.45, 2.75) is 44.7 Å². The number of carbonyl (C=O) groups is 1. The van der Waals surface area contributed by atoms with E-state index in [1.807, 2.05) is 9.58 Å². The van der Waals surface area contributed by atoms with E-state index < -0.39 is 0 Å². The Hall–Kier alpha value is -1.43. The minimum Gasteiger partial charge on any atom is -0.341 e. The second-order valence-corrected chi connectivity index (χ2v) is 5.91. The zero-order valence-corrected chi connectivity index (χ0v) is 11.9. The van der Waals surface area contributed by atoms with Gasteiger partial charge in [0.15, 0.2) is 0 Å². The van der Waals surface area contributed by atoms with Gasteiger partial charge in [-0.2, -0.15) is 5.10 Å². The highest BCUT2D eigenvalue weighted by molar-refractivity contribution is 5.82. The number of carbonyl (C=O) groups excluding carboxylic acids is 1. The molecule has 0 aliphatic carbocycles. The van der Waals surface area contributed by atoms with Crippen LogP contribution in [-0.4, -0.2) is 51.2 Å². The molecule has 1 aromatic rings. The molecule has 110 valence electrons. The molecule has 1 amide bonds. The summed E-state index contributed by atoms with van der Waals surface area (Å²) in [5.41, 5.74) is 0. The van der Waals surface area contributed by atoms with Crippen LogP contribution in [0.4, 0.5) is 0 Å². The highest BCUT2D eigenvalue weighted by Gasteiger charge is 2.29. The average molecular weight is 277 g/mol. The zero-order valence-electron chi connectivity index (χ0n) is 11.9. The molecule has 2 fully saturated rings. The minimum atomic E-state index is 0.0499. The summed E-state index contributed by atoms with van der Waals surface area (Å²) < 4.78 is 1.87. The van der Waals surface area contributed by atoms with Crippen molar-refractivity contribution in [3.8, 4) is 0 Å². The van der Waals surface area contributed by atoms with Gasteiger partial charge in [0.25, 0.3) is 0 Å². The second kappa shape index (κ2) is 6.35. The fourth-order valence-corrected chi connectivity index (χ4v) is 3.29. The quantitative estimate of drug-likeness (QED) is 0.881. The van der Waals surface area contributed by atoms with Gasteiger partial charge in [0.2, 0.25) is 5.91 Å². The third-order valence-corrected chi connectivity index (χ3v) is 4.35. The summed E-state index contributed by atoms with van der Waals surface area (Å²) in [6.07, 6.45) is 8.93. The molecule has 2 atom stereocenters. The molecule has 0 unspecified atom stereocenters. The highest BCUT2D eigenvalue weighted by Crippen LogP contribution is 2.20. The Kier molecular flexibility index (Phi) is 4.30. The Morgan fingerprint density at radius 2 is 2.25 bits per heavy atom. The van der Waals surface area contributed by atoms with Gasteiger partial charge in [0.1, 0.15) is 12.7 Å². The summed E-state index contributed by atoms with van der Waals surface area (Å²) in [6, 6.07) is 0.0499. The van der Waals surface area contributed by atoms with Crippen molar-refractivity contribution in [3.63, 3.8) is 0 Å². The third kappa shape index (κ3) is 3.17. The Balaban J connectivity index is 1.55. The summed E-state index contributed by atoms with van der Waals surface area (Å²) in [5, 5.41) is 7.52. The number of amides is 1. The molecule has 1 aromatic heterocycles. The van der Waals surface area contributed by atoms with Crippen LogP contribution in [0.25, 0.3) is 0 Å². The number of rotatable bonds is 3. The molecule has 6 heteroatoms. The lowest BCUT2D eigenvalue weighted by Gasteiger charge is -2.36. The minimum absolute atomic E-state index is 0.0499. The van der Waals surface area contributed by atoms with Gasteiger partial charge in [-0.05, 0) is 38.1 Å². The van der Waals surface area contributed by atoms with Crippen LogP contribution in [0.2, 0.25) is 0 Å². The average Bonchev–Trinajstić information content (AvgIpc) is 3.01. The van der Waals surface area contributed by atoms with Gasteiger partial charge in [0, 0.05) is 19.6 Å². The molecule has 20 heavy (non-hydrogen) atoms. The maximum absolute atomic E-state index is 12.5. The van der Waals surface area contributed by atoms with E-state index in [0.717, 1.165) is 39.0 Å². The molecule has 0 spiro atoms. The number of nitrogens with one attached hydrogen (secondary N) is 1. The van der Waals surface area contributed by atoms with Crippen LogP contribution in [0, 0.1) is 5.92 Å². The van der Waals surface area contributed by atoms with Crippen molar-refractivity contribution < 1.29 is 4.79 Å². The summed E-state index contributed by atoms with van der Waals surface area (Å²) in [4.78, 5) is 18.6. The summed E-state index contributed by atoms with van der Waals surface area (Å²) in [7, 11) is 0. The monoisotopic (exact) mass is 277 g/mol. The number of likely N-dealkylation sites (tertiary alicyclic amines) is 1. The number of hydrogen-bond acceptors (Lipinski definition) is 4. The van der Waals surface area contributed by atoms with Crippen molar-refractivity contribution in [1.29, 1.82) is 0 Å². The van der Waals surface area contributed by atoms with Gasteiger partial charge in [-0.3, -0.25) is 9.48 Å². The van der Waals surface area contributed by atoms with E-state index >= 15 is 0 Å². The lowest BCUT2D eigenvalue weighted by atomic mass is 9.96. The standard InChI is InChI=1S/C14H23N5O/c20-14(13-5-1-2-6-16-13)18-7-3-4-12(8-18)9-19-11-15-10-17-19/h10-13,16H,1-9H2/t12-,13-/m1/s1. The summed E-state index contributed by atoms with van der Waals surface area (Å²) in [6.45, 7) is 3.61. The Morgan fingerprint density at radius 1 is 1.30 bits per heavy atom. The molecule has 0 bridgehead atoms. The zero-order chi connectivity index (χ0) is 13.8. The normalized spacial score (nSPS) is 27.5. The predicted molar refractivity (Wildman–Crippen MR) is 75.0 cm³/mol. The van der Waals surface area contributed by atoms with Crippen molar-refractivity contribution in [1.82, 2.24) is 25.0 Å². The van der Waals surface area contributed by atoms with Gasteiger partial charge in [-0.1, -0.05) is 6.42 Å². The molecule has 2 aliphatic rings. The van der Waals surface area contributed by atoms with Crippen molar-refractivity contribution in [2.24, 2.45) is 5.92 Å². The first-order valence-corrected chi connectivity index (χ1v) is 7.67. The van der Waals surface area contributed by atoms with Gasteiger partial charge < -0.3 is 10.2 Å². The topological polar surface area (TPSA) is 63.1 Å². The van der Waals surface area contributed by atoms with E-state index in [4.69, 9.17) is 0 Å². The molecule has 2 saturated heterocycles. The maximum Gasteiger partial charge on any atom is 0.239 e. The van der Waals surface area contributed by atoms with Gasteiger partial charge >= 0.3 is 0 Å². The molecule has 2 aliphatic heterocycles. The lowest BCUT2D eigenvalue weighted by molar-refractivity contribution is -0.136. The van der Waals surface area contributed by atoms with Crippen LogP contribution in [0.15, 0.2) is 12.7 Å². The van der Waals surface area contributed by atoms with Gasteiger partial charge in [0.05, 0.1) is 6.04 Å². The van der Waals surface area contributed by atoms with E-state index in [1.54, 1.807) is 12.7 Å². The van der Waals surface area contributed by atoms with Crippen LogP contribution >= 0.6 is 0 Å². The Morgan fingerprint density at radius 3 is 3.00 bits per heavy atom. The van der Waals surface area contributed by atoms with E-state index in [1.165, 1.54) is 19.3 Å². The molecule has 0 radical (unpaired) electrons. The number of hydrogen-bond donors (Lipinski definition) is 1. The molecule has 0 saturated carbocycles. The SMILES string of the molecule is O=C([C@H]1CCCCN1)N1CCC[C@@H](Cn2cncn2)C1. The molecular formula is C14H23N5O. The smallest absolute Gasteiger partial charge is 0.239 e. The largest absolute Gasteiger partial charge is 0.341 e. The fourth-order valence-electron chi connectivity index (χ4n) is 3.29. The summed E-state index contributed by atoms with van der Waals surface area (Å²) in [5.74, 6) is 0.797. The first-order chi connectivity index (χ1) is 9.83. The number of nitrogens with zero attached hydrogens (tertiary/aromatic N) is 4. The lowest BCUT2D eigenvalue weighted by Crippen LogP contribution is -2.51. The van der Waals surface area contributed by atoms with Crippen LogP contribution in [0.1, 0.15) is 32.1 Å². The second-order valence-electron chi connectivity index (χ2n) is 5.91. The van der Waals surface area contributed by atoms with Gasteiger partial charge in [-0.25, -0.2) is 4.98 Å². The molecular weight excluding hydrogens is 254 g/mol. The van der Waals surface area contributed by atoms with Crippen LogP contribution < -0.4 is 5.32 Å². The third-order valence-electron chi connectivity index (χ3n) is 4.35. The molecule has 0 aromatic carbocycles. The summed E-state index contributed by atoms with van der Waals surface area (Å²) >= 11 is 0. The first-order valence-electron chi connectivity index (χ1n) is 7.67. The predicted octanol–water partition coefficient (Wildman–Crippen LogP) is 0.659. The van der Waals surface area contributed by atoms with Crippen LogP contribution in [0.5, 0.6) is 0 Å². The van der Waals surface area contributed by atoms with E-state index in [9.17, 15) is 4.79 Å². The first kappa shape index (κ1) is 13.5. The van der Waals surface area contributed by atoms with Crippen LogP contribution in [-0.2, 0) is 11.3 Å². The van der Waals surface area contributed by atoms with E-state index in [0.29, 0.717) is 11.8 Å². The van der Waals surface area contributed by atoms with Crippen molar-refractivity contribution >= 4 is 5.91 Å². The van der Waals surface area contributed by atoms with E-state index in [2.05, 4.69) is 15.4 Å². The van der Waals surface area contributed by atoms with Crippen LogP contribution in [0.3, 0.4) is 0 Å². The highest BCUT2D eigenvalue weighted by atomic mass is 16.2. The molecule has 6 nitrogen and oxygen atoms in total. The molecule has 3 rings (SSSR count). The van der Waals surface area contributed by atoms with Crippen molar-refractivity contribution in [3.05, 3.63) is 12.7 Å². The molecule has 3 heterocycles. The van der Waals surface area contributed by atoms with E-state index in [-0.39, 0.29) is 6.04 Å². The molecule has 1 N–H and O–H groups in total. The van der Waals surface area contributed by atoms with Gasteiger partial charge in [-0.15, -0.1) is 0 Å². The Bertz CT molecular complexity index is 427.